The Balaban J connectivity index is 2.47. The van der Waals surface area contributed by atoms with Gasteiger partial charge in [-0.05, 0) is 18.4 Å². The van der Waals surface area contributed by atoms with E-state index in [1.54, 1.807) is 19.1 Å². The van der Waals surface area contributed by atoms with Gasteiger partial charge in [0.05, 0.1) is 19.3 Å². The fourth-order valence-electron chi connectivity index (χ4n) is 2.06. The number of amides is 1. The smallest absolute Gasteiger partial charge is 0.239 e. The van der Waals surface area contributed by atoms with Gasteiger partial charge in [0.25, 0.3) is 0 Å². The minimum atomic E-state index is -0.487. The van der Waals surface area contributed by atoms with Gasteiger partial charge in [0, 0.05) is 27.3 Å². The number of ether oxygens (including phenoxy) is 2. The molecule has 1 rings (SSSR count). The Morgan fingerprint density at radius 1 is 1.14 bits per heavy atom. The summed E-state index contributed by atoms with van der Waals surface area (Å²) in [6.45, 7) is 2.08. The van der Waals surface area contributed by atoms with Crippen molar-refractivity contribution in [3.63, 3.8) is 0 Å². The second kappa shape index (κ2) is 10.3. The third-order valence-electron chi connectivity index (χ3n) is 3.35. The van der Waals surface area contributed by atoms with Crippen molar-refractivity contribution in [2.45, 2.75) is 18.9 Å². The number of hydrogen-bond acceptors (Lipinski definition) is 4. The molecule has 1 amide bonds. The third-order valence-corrected chi connectivity index (χ3v) is 3.35. The van der Waals surface area contributed by atoms with E-state index in [0.717, 1.165) is 6.42 Å². The molecule has 2 N–H and O–H groups in total. The van der Waals surface area contributed by atoms with Crippen LogP contribution in [-0.2, 0) is 20.7 Å². The second-order valence-electron chi connectivity index (χ2n) is 4.94. The number of nitrogens with two attached hydrogens (primary N) is 1. The van der Waals surface area contributed by atoms with Gasteiger partial charge in [-0.15, -0.1) is 0 Å². The monoisotopic (exact) mass is 294 g/mol. The van der Waals surface area contributed by atoms with Crippen molar-refractivity contribution in [2.24, 2.45) is 5.73 Å². The summed E-state index contributed by atoms with van der Waals surface area (Å²) < 4.78 is 10.1. The van der Waals surface area contributed by atoms with Gasteiger partial charge in [-0.25, -0.2) is 0 Å². The largest absolute Gasteiger partial charge is 0.383 e. The molecular formula is C16H26N2O3. The molecule has 0 aromatic heterocycles. The van der Waals surface area contributed by atoms with E-state index >= 15 is 0 Å². The molecule has 0 spiro atoms. The van der Waals surface area contributed by atoms with E-state index in [1.165, 1.54) is 5.56 Å². The van der Waals surface area contributed by atoms with Gasteiger partial charge in [0.15, 0.2) is 0 Å². The highest BCUT2D eigenvalue weighted by atomic mass is 16.5. The van der Waals surface area contributed by atoms with Crippen molar-refractivity contribution >= 4 is 5.91 Å². The SMILES string of the molecule is COCCN(CCOC)C(=O)[C@@H](N)CCc1ccccc1. The minimum Gasteiger partial charge on any atom is -0.383 e. The highest BCUT2D eigenvalue weighted by molar-refractivity contribution is 5.81. The highest BCUT2D eigenvalue weighted by Crippen LogP contribution is 2.06. The zero-order valence-corrected chi connectivity index (χ0v) is 13.0. The molecule has 5 heteroatoms. The Labute approximate surface area is 127 Å². The quantitative estimate of drug-likeness (QED) is 0.701. The molecule has 0 bridgehead atoms. The number of carbonyl (C=O) groups is 1. The molecule has 0 saturated carbocycles. The number of aryl methyl sites for hydroxylation is 1. The summed E-state index contributed by atoms with van der Waals surface area (Å²) in [6, 6.07) is 9.57. The lowest BCUT2D eigenvalue weighted by molar-refractivity contribution is -0.134. The number of hydrogen-bond donors (Lipinski definition) is 1. The van der Waals surface area contributed by atoms with Gasteiger partial charge in [0.2, 0.25) is 5.91 Å². The summed E-state index contributed by atoms with van der Waals surface area (Å²) in [5.74, 6) is -0.0416. The number of benzene rings is 1. The van der Waals surface area contributed by atoms with Crippen LogP contribution >= 0.6 is 0 Å². The number of nitrogens with zero attached hydrogens (tertiary/aromatic N) is 1. The lowest BCUT2D eigenvalue weighted by atomic mass is 10.0. The van der Waals surface area contributed by atoms with Crippen LogP contribution in [-0.4, -0.2) is 57.4 Å². The van der Waals surface area contributed by atoms with Gasteiger partial charge < -0.3 is 20.1 Å². The first-order chi connectivity index (χ1) is 10.2. The molecule has 1 aromatic carbocycles. The van der Waals surface area contributed by atoms with Gasteiger partial charge in [-0.2, -0.15) is 0 Å². The molecule has 118 valence electrons. The lowest BCUT2D eigenvalue weighted by Crippen LogP contribution is -2.46. The first-order valence-electron chi connectivity index (χ1n) is 7.25. The highest BCUT2D eigenvalue weighted by Gasteiger charge is 2.20. The van der Waals surface area contributed by atoms with Crippen molar-refractivity contribution in [1.82, 2.24) is 4.90 Å². The maximum atomic E-state index is 12.4. The van der Waals surface area contributed by atoms with Crippen molar-refractivity contribution in [3.05, 3.63) is 35.9 Å². The van der Waals surface area contributed by atoms with Crippen LogP contribution in [0.15, 0.2) is 30.3 Å². The first kappa shape index (κ1) is 17.6. The zero-order valence-electron chi connectivity index (χ0n) is 13.0. The van der Waals surface area contributed by atoms with Gasteiger partial charge in [-0.1, -0.05) is 30.3 Å². The normalized spacial score (nSPS) is 12.1. The Hall–Kier alpha value is -1.43. The fourth-order valence-corrected chi connectivity index (χ4v) is 2.06. The van der Waals surface area contributed by atoms with E-state index in [-0.39, 0.29) is 5.91 Å². The second-order valence-corrected chi connectivity index (χ2v) is 4.94. The van der Waals surface area contributed by atoms with E-state index in [1.807, 2.05) is 30.3 Å². The summed E-state index contributed by atoms with van der Waals surface area (Å²) in [5.41, 5.74) is 7.23. The third kappa shape index (κ3) is 6.71. The van der Waals surface area contributed by atoms with E-state index in [9.17, 15) is 4.79 Å². The summed E-state index contributed by atoms with van der Waals surface area (Å²) in [6.07, 6.45) is 1.44. The molecule has 5 nitrogen and oxygen atoms in total. The van der Waals surface area contributed by atoms with Crippen LogP contribution in [0.2, 0.25) is 0 Å². The van der Waals surface area contributed by atoms with Crippen LogP contribution in [0.5, 0.6) is 0 Å². The van der Waals surface area contributed by atoms with Crippen LogP contribution in [0.3, 0.4) is 0 Å². The zero-order chi connectivity index (χ0) is 15.5. The molecule has 0 radical (unpaired) electrons. The van der Waals surface area contributed by atoms with Gasteiger partial charge in [-0.3, -0.25) is 4.79 Å². The Morgan fingerprint density at radius 2 is 1.71 bits per heavy atom. The Bertz CT molecular complexity index is 390. The van der Waals surface area contributed by atoms with E-state index in [2.05, 4.69) is 0 Å². The van der Waals surface area contributed by atoms with Gasteiger partial charge >= 0.3 is 0 Å². The summed E-state index contributed by atoms with van der Waals surface area (Å²) in [7, 11) is 3.24. The van der Waals surface area contributed by atoms with Crippen molar-refractivity contribution in [3.8, 4) is 0 Å². The Kier molecular flexibility index (Phi) is 8.66. The topological polar surface area (TPSA) is 64.8 Å². The van der Waals surface area contributed by atoms with Crippen LogP contribution < -0.4 is 5.73 Å². The predicted octanol–water partition coefficient (Wildman–Crippen LogP) is 1.07. The van der Waals surface area contributed by atoms with Crippen LogP contribution in [0, 0.1) is 0 Å². The standard InChI is InChI=1S/C16H26N2O3/c1-20-12-10-18(11-13-21-2)16(19)15(17)9-8-14-6-4-3-5-7-14/h3-7,15H,8-13,17H2,1-2H3/t15-/m0/s1. The molecule has 0 heterocycles. The summed E-state index contributed by atoms with van der Waals surface area (Å²) in [4.78, 5) is 14.1. The summed E-state index contributed by atoms with van der Waals surface area (Å²) in [5, 5.41) is 0. The molecule has 0 aliphatic heterocycles. The van der Waals surface area contributed by atoms with Crippen LogP contribution in [0.1, 0.15) is 12.0 Å². The minimum absolute atomic E-state index is 0.0416. The molecule has 21 heavy (non-hydrogen) atoms. The maximum Gasteiger partial charge on any atom is 0.239 e. The van der Waals surface area contributed by atoms with Crippen molar-refractivity contribution in [2.75, 3.05) is 40.5 Å². The first-order valence-corrected chi connectivity index (χ1v) is 7.25. The van der Waals surface area contributed by atoms with E-state index in [4.69, 9.17) is 15.2 Å². The molecular weight excluding hydrogens is 268 g/mol. The average Bonchev–Trinajstić information content (AvgIpc) is 2.53. The van der Waals surface area contributed by atoms with E-state index in [0.29, 0.717) is 32.7 Å². The Morgan fingerprint density at radius 3 is 2.24 bits per heavy atom. The number of carbonyl (C=O) groups excluding carboxylic acids is 1. The summed E-state index contributed by atoms with van der Waals surface area (Å²) >= 11 is 0. The molecule has 0 fully saturated rings. The molecule has 0 unspecified atom stereocenters. The van der Waals surface area contributed by atoms with Crippen molar-refractivity contribution in [1.29, 1.82) is 0 Å². The molecule has 1 atom stereocenters. The fraction of sp³-hybridized carbons (Fsp3) is 0.562. The predicted molar refractivity (Wildman–Crippen MR) is 83.1 cm³/mol. The molecule has 1 aromatic rings. The van der Waals surface area contributed by atoms with Gasteiger partial charge in [0.1, 0.15) is 0 Å². The maximum absolute atomic E-state index is 12.4. The number of rotatable bonds is 10. The van der Waals surface area contributed by atoms with Crippen LogP contribution in [0.25, 0.3) is 0 Å². The van der Waals surface area contributed by atoms with E-state index < -0.39 is 6.04 Å². The van der Waals surface area contributed by atoms with Crippen molar-refractivity contribution < 1.29 is 14.3 Å². The molecule has 0 aliphatic rings. The lowest BCUT2D eigenvalue weighted by Gasteiger charge is -2.25. The average molecular weight is 294 g/mol. The number of methoxy groups -OCH3 is 2. The van der Waals surface area contributed by atoms with Crippen LogP contribution in [0.4, 0.5) is 0 Å². The molecule has 0 aliphatic carbocycles. The molecule has 0 saturated heterocycles.